The van der Waals surface area contributed by atoms with E-state index < -0.39 is 23.8 Å². The van der Waals surface area contributed by atoms with Crippen LogP contribution in [0.3, 0.4) is 0 Å². The van der Waals surface area contributed by atoms with E-state index in [4.69, 9.17) is 4.74 Å². The molecule has 0 heterocycles. The number of rotatable bonds is 12. The van der Waals surface area contributed by atoms with Crippen molar-refractivity contribution in [1.29, 1.82) is 0 Å². The first-order valence-corrected chi connectivity index (χ1v) is 13.7. The van der Waals surface area contributed by atoms with Gasteiger partial charge in [-0.2, -0.15) is 11.8 Å². The molecule has 8 nitrogen and oxygen atoms in total. The van der Waals surface area contributed by atoms with E-state index >= 15 is 0 Å². The van der Waals surface area contributed by atoms with Gasteiger partial charge in [0.15, 0.2) is 0 Å². The zero-order valence-electron chi connectivity index (χ0n) is 21.8. The van der Waals surface area contributed by atoms with E-state index in [-0.39, 0.29) is 29.5 Å². The smallest absolute Gasteiger partial charge is 0.408 e. The molecule has 4 unspecified atom stereocenters. The standard InChI is InChI=1S/C26H41N3O5S/c1-7-8-14-27-23(31)22(18-9-11-19(30)12-10-18)29(21-16-17(21)2)24(32)20(13-15-35-6)28-25(33)34-26(3,4)5/h9-12,17,20-22,30H,7-8,13-16H2,1-6H3,(H,27,31)(H,28,33). The van der Waals surface area contributed by atoms with Gasteiger partial charge in [-0.25, -0.2) is 4.79 Å². The minimum atomic E-state index is -0.868. The van der Waals surface area contributed by atoms with Crippen molar-refractivity contribution < 1.29 is 24.2 Å². The summed E-state index contributed by atoms with van der Waals surface area (Å²) in [4.78, 5) is 41.7. The first-order valence-electron chi connectivity index (χ1n) is 12.4. The van der Waals surface area contributed by atoms with E-state index in [1.54, 1.807) is 49.6 Å². The molecule has 35 heavy (non-hydrogen) atoms. The number of nitrogens with one attached hydrogen (secondary N) is 2. The highest BCUT2D eigenvalue weighted by molar-refractivity contribution is 7.98. The SMILES string of the molecule is CCCCNC(=O)C(c1ccc(O)cc1)N(C(=O)C(CCSC)NC(=O)OC(C)(C)C)C1CC1C. The summed E-state index contributed by atoms with van der Waals surface area (Å²) >= 11 is 1.58. The van der Waals surface area contributed by atoms with Crippen LogP contribution in [-0.2, 0) is 14.3 Å². The molecular formula is C26H41N3O5S. The summed E-state index contributed by atoms with van der Waals surface area (Å²) in [6.07, 6.45) is 4.24. The average Bonchev–Trinajstić information content (AvgIpc) is 3.49. The molecule has 3 amide bonds. The molecule has 1 aliphatic carbocycles. The average molecular weight is 508 g/mol. The third-order valence-corrected chi connectivity index (χ3v) is 6.49. The monoisotopic (exact) mass is 507 g/mol. The Hall–Kier alpha value is -2.42. The summed E-state index contributed by atoms with van der Waals surface area (Å²) in [5.41, 5.74) is -0.0829. The van der Waals surface area contributed by atoms with Crippen LogP contribution >= 0.6 is 11.8 Å². The summed E-state index contributed by atoms with van der Waals surface area (Å²) < 4.78 is 5.41. The van der Waals surface area contributed by atoms with Gasteiger partial charge in [0.25, 0.3) is 0 Å². The Morgan fingerprint density at radius 2 is 1.86 bits per heavy atom. The fraction of sp³-hybridized carbons (Fsp3) is 0.654. The molecular weight excluding hydrogens is 466 g/mol. The maximum Gasteiger partial charge on any atom is 0.408 e. The van der Waals surface area contributed by atoms with Gasteiger partial charge in [0.2, 0.25) is 11.8 Å². The highest BCUT2D eigenvalue weighted by atomic mass is 32.2. The third-order valence-electron chi connectivity index (χ3n) is 5.84. The third kappa shape index (κ3) is 8.94. The van der Waals surface area contributed by atoms with E-state index in [0.717, 1.165) is 19.3 Å². The van der Waals surface area contributed by atoms with Gasteiger partial charge in [-0.15, -0.1) is 0 Å². The predicted molar refractivity (Wildman–Crippen MR) is 139 cm³/mol. The second-order valence-electron chi connectivity index (χ2n) is 10.1. The van der Waals surface area contributed by atoms with Crippen molar-refractivity contribution in [2.75, 3.05) is 18.6 Å². The van der Waals surface area contributed by atoms with Crippen LogP contribution in [-0.4, -0.2) is 64.2 Å². The van der Waals surface area contributed by atoms with Crippen molar-refractivity contribution in [1.82, 2.24) is 15.5 Å². The van der Waals surface area contributed by atoms with Crippen LogP contribution in [0, 0.1) is 5.92 Å². The molecule has 0 aliphatic heterocycles. The van der Waals surface area contributed by atoms with Gasteiger partial charge in [0, 0.05) is 12.6 Å². The van der Waals surface area contributed by atoms with Crippen molar-refractivity contribution in [3.63, 3.8) is 0 Å². The van der Waals surface area contributed by atoms with Crippen LogP contribution in [0.15, 0.2) is 24.3 Å². The van der Waals surface area contributed by atoms with Gasteiger partial charge in [0.05, 0.1) is 0 Å². The van der Waals surface area contributed by atoms with Gasteiger partial charge in [0.1, 0.15) is 23.4 Å². The molecule has 1 fully saturated rings. The first kappa shape index (κ1) is 28.8. The number of phenols is 1. The van der Waals surface area contributed by atoms with E-state index in [9.17, 15) is 19.5 Å². The number of phenolic OH excluding ortho intramolecular Hbond substituents is 1. The number of aromatic hydroxyl groups is 1. The van der Waals surface area contributed by atoms with Gasteiger partial charge in [-0.05, 0) is 75.7 Å². The molecule has 0 bridgehead atoms. The zero-order chi connectivity index (χ0) is 26.2. The number of alkyl carbamates (subject to hydrolysis) is 1. The molecule has 0 radical (unpaired) electrons. The normalized spacial score (nSPS) is 18.8. The van der Waals surface area contributed by atoms with E-state index in [0.29, 0.717) is 24.3 Å². The van der Waals surface area contributed by atoms with Crippen LogP contribution in [0.2, 0.25) is 0 Å². The Bertz CT molecular complexity index is 856. The quantitative estimate of drug-likeness (QED) is 0.366. The number of benzene rings is 1. The van der Waals surface area contributed by atoms with Gasteiger partial charge >= 0.3 is 6.09 Å². The Morgan fingerprint density at radius 3 is 2.37 bits per heavy atom. The van der Waals surface area contributed by atoms with Crippen LogP contribution in [0.4, 0.5) is 4.79 Å². The predicted octanol–water partition coefficient (Wildman–Crippen LogP) is 4.23. The Balaban J connectivity index is 2.41. The molecule has 1 aromatic carbocycles. The summed E-state index contributed by atoms with van der Waals surface area (Å²) in [5.74, 6) is 0.415. The molecule has 0 saturated heterocycles. The van der Waals surface area contributed by atoms with Crippen LogP contribution in [0.1, 0.15) is 71.9 Å². The number of carbonyl (C=O) groups excluding carboxylic acids is 3. The minimum Gasteiger partial charge on any atom is -0.508 e. The molecule has 1 aromatic rings. The van der Waals surface area contributed by atoms with Crippen LogP contribution < -0.4 is 10.6 Å². The number of unbranched alkanes of at least 4 members (excludes halogenated alkanes) is 1. The van der Waals surface area contributed by atoms with Gasteiger partial charge in [-0.1, -0.05) is 32.4 Å². The summed E-state index contributed by atoms with van der Waals surface area (Å²) in [7, 11) is 0. The van der Waals surface area contributed by atoms with Gasteiger partial charge in [-0.3, -0.25) is 9.59 Å². The Labute approximate surface area is 213 Å². The summed E-state index contributed by atoms with van der Waals surface area (Å²) in [6, 6.07) is 4.57. The minimum absolute atomic E-state index is 0.0843. The second-order valence-corrected chi connectivity index (χ2v) is 11.1. The number of hydrogen-bond donors (Lipinski definition) is 3. The topological polar surface area (TPSA) is 108 Å². The molecule has 0 spiro atoms. The lowest BCUT2D eigenvalue weighted by Gasteiger charge is -2.35. The Kier molecular flexibility index (Phi) is 10.7. The highest BCUT2D eigenvalue weighted by Crippen LogP contribution is 2.41. The summed E-state index contributed by atoms with van der Waals surface area (Å²) in [5, 5.41) is 15.5. The lowest BCUT2D eigenvalue weighted by atomic mass is 10.0. The molecule has 3 N–H and O–H groups in total. The molecule has 0 aromatic heterocycles. The highest BCUT2D eigenvalue weighted by Gasteiger charge is 2.48. The maximum absolute atomic E-state index is 14.0. The molecule has 4 atom stereocenters. The van der Waals surface area contributed by atoms with Crippen molar-refractivity contribution in [3.05, 3.63) is 29.8 Å². The van der Waals surface area contributed by atoms with E-state index in [2.05, 4.69) is 10.6 Å². The van der Waals surface area contributed by atoms with Crippen molar-refractivity contribution in [2.24, 2.45) is 5.92 Å². The Morgan fingerprint density at radius 1 is 1.23 bits per heavy atom. The second kappa shape index (κ2) is 13.0. The van der Waals surface area contributed by atoms with Crippen molar-refractivity contribution in [3.8, 4) is 5.75 Å². The largest absolute Gasteiger partial charge is 0.508 e. The maximum atomic E-state index is 14.0. The molecule has 2 rings (SSSR count). The molecule has 196 valence electrons. The van der Waals surface area contributed by atoms with Crippen LogP contribution in [0.5, 0.6) is 5.75 Å². The van der Waals surface area contributed by atoms with Crippen molar-refractivity contribution >= 4 is 29.7 Å². The fourth-order valence-corrected chi connectivity index (χ4v) is 4.35. The number of hydrogen-bond acceptors (Lipinski definition) is 6. The van der Waals surface area contributed by atoms with Gasteiger partial charge < -0.3 is 25.4 Å². The lowest BCUT2D eigenvalue weighted by molar-refractivity contribution is -0.143. The molecule has 1 aliphatic rings. The molecule has 9 heteroatoms. The van der Waals surface area contributed by atoms with E-state index in [1.807, 2.05) is 20.1 Å². The number of thioether (sulfide) groups is 1. The molecule has 1 saturated carbocycles. The number of amides is 3. The van der Waals surface area contributed by atoms with Crippen molar-refractivity contribution in [2.45, 2.75) is 84.0 Å². The fourth-order valence-electron chi connectivity index (χ4n) is 3.88. The zero-order valence-corrected chi connectivity index (χ0v) is 22.6. The number of ether oxygens (including phenoxy) is 1. The summed E-state index contributed by atoms with van der Waals surface area (Å²) in [6.45, 7) is 9.91. The first-order chi connectivity index (χ1) is 16.5. The number of nitrogens with zero attached hydrogens (tertiary/aromatic N) is 1. The number of carbonyl (C=O) groups is 3. The van der Waals surface area contributed by atoms with Crippen LogP contribution in [0.25, 0.3) is 0 Å². The lowest BCUT2D eigenvalue weighted by Crippen LogP contribution is -2.54. The van der Waals surface area contributed by atoms with E-state index in [1.165, 1.54) is 12.1 Å².